The molecule has 146 valence electrons. The molecule has 0 unspecified atom stereocenters. The zero-order valence-corrected chi connectivity index (χ0v) is 16.8. The molecule has 0 bridgehead atoms. The van der Waals surface area contributed by atoms with E-state index in [2.05, 4.69) is 9.71 Å². The number of rotatable bonds is 11. The number of aromatic nitrogens is 1. The molecule has 2 aromatic rings. The van der Waals surface area contributed by atoms with Crippen molar-refractivity contribution < 1.29 is 17.9 Å². The molecular formula is C19H24N2O4S2. The number of aryl methyl sites for hydroxylation is 1. The van der Waals surface area contributed by atoms with Gasteiger partial charge in [-0.2, -0.15) is 11.8 Å². The van der Waals surface area contributed by atoms with E-state index in [0.717, 1.165) is 5.56 Å². The molecule has 2 rings (SSSR count). The van der Waals surface area contributed by atoms with Crippen molar-refractivity contribution >= 4 is 27.8 Å². The maximum absolute atomic E-state index is 12.4. The van der Waals surface area contributed by atoms with Gasteiger partial charge in [-0.1, -0.05) is 36.4 Å². The summed E-state index contributed by atoms with van der Waals surface area (Å²) in [7, 11) is -3.64. The zero-order valence-electron chi connectivity index (χ0n) is 15.2. The van der Waals surface area contributed by atoms with Gasteiger partial charge in [-0.25, -0.2) is 13.1 Å². The Labute approximate surface area is 164 Å². The van der Waals surface area contributed by atoms with Crippen LogP contribution in [0.15, 0.2) is 54.7 Å². The molecule has 1 heterocycles. The second-order valence-corrected chi connectivity index (χ2v) is 8.72. The predicted octanol–water partition coefficient (Wildman–Crippen LogP) is 2.41. The molecule has 0 spiro atoms. The summed E-state index contributed by atoms with van der Waals surface area (Å²) in [5.41, 5.74) is 1.80. The minimum Gasteiger partial charge on any atom is -0.465 e. The minimum absolute atomic E-state index is 0.136. The van der Waals surface area contributed by atoms with Crippen molar-refractivity contribution in [2.75, 3.05) is 18.1 Å². The summed E-state index contributed by atoms with van der Waals surface area (Å²) in [6.45, 7) is 1.90. The highest BCUT2D eigenvalue weighted by Gasteiger charge is 2.25. The Kier molecular flexibility index (Phi) is 8.77. The number of hydrogen-bond donors (Lipinski definition) is 1. The summed E-state index contributed by atoms with van der Waals surface area (Å²) in [6.07, 6.45) is 1.90. The number of hydrogen-bond acceptors (Lipinski definition) is 6. The third kappa shape index (κ3) is 8.11. The lowest BCUT2D eigenvalue weighted by atomic mass is 10.2. The first-order valence-corrected chi connectivity index (χ1v) is 11.5. The van der Waals surface area contributed by atoms with Gasteiger partial charge in [0.15, 0.2) is 0 Å². The molecule has 0 saturated heterocycles. The Morgan fingerprint density at radius 3 is 2.59 bits per heavy atom. The molecule has 6 nitrogen and oxygen atoms in total. The first kappa shape index (κ1) is 21.4. The largest absolute Gasteiger partial charge is 0.465 e. The van der Waals surface area contributed by atoms with E-state index in [1.54, 1.807) is 25.3 Å². The van der Waals surface area contributed by atoms with Crippen LogP contribution in [0.25, 0.3) is 0 Å². The van der Waals surface area contributed by atoms with Crippen molar-refractivity contribution in [1.82, 2.24) is 9.71 Å². The van der Waals surface area contributed by atoms with Crippen LogP contribution in [0, 0.1) is 0 Å². The fourth-order valence-electron chi connectivity index (χ4n) is 2.32. The number of ether oxygens (including phenoxy) is 1. The molecule has 0 aliphatic carbocycles. The third-order valence-electron chi connectivity index (χ3n) is 3.64. The van der Waals surface area contributed by atoms with Crippen LogP contribution in [-0.4, -0.2) is 43.5 Å². The van der Waals surface area contributed by atoms with Crippen LogP contribution < -0.4 is 4.72 Å². The topological polar surface area (TPSA) is 85.4 Å². The van der Waals surface area contributed by atoms with Crippen molar-refractivity contribution in [3.63, 3.8) is 0 Å². The average molecular weight is 409 g/mol. The number of sulfonamides is 1. The van der Waals surface area contributed by atoms with Crippen molar-refractivity contribution in [2.45, 2.75) is 25.1 Å². The van der Waals surface area contributed by atoms with Crippen LogP contribution in [0.2, 0.25) is 0 Å². The highest BCUT2D eigenvalue weighted by atomic mass is 32.2. The Balaban J connectivity index is 1.92. The summed E-state index contributed by atoms with van der Waals surface area (Å²) < 4.78 is 32.3. The number of esters is 1. The number of thioether (sulfide) groups is 1. The quantitative estimate of drug-likeness (QED) is 0.575. The molecule has 1 atom stereocenters. The lowest BCUT2D eigenvalue weighted by Crippen LogP contribution is -2.44. The van der Waals surface area contributed by atoms with E-state index in [1.807, 2.05) is 36.4 Å². The molecule has 0 amide bonds. The van der Waals surface area contributed by atoms with Gasteiger partial charge in [0, 0.05) is 29.8 Å². The van der Waals surface area contributed by atoms with Gasteiger partial charge in [0.05, 0.1) is 12.4 Å². The van der Waals surface area contributed by atoms with Crippen LogP contribution in [0.5, 0.6) is 0 Å². The van der Waals surface area contributed by atoms with E-state index in [4.69, 9.17) is 4.74 Å². The molecule has 1 aromatic carbocycles. The van der Waals surface area contributed by atoms with Crippen molar-refractivity contribution in [1.29, 1.82) is 0 Å². The number of pyridine rings is 1. The zero-order chi connectivity index (χ0) is 19.5. The van der Waals surface area contributed by atoms with Crippen molar-refractivity contribution in [2.24, 2.45) is 0 Å². The molecule has 0 aliphatic rings. The van der Waals surface area contributed by atoms with Gasteiger partial charge in [0.2, 0.25) is 10.0 Å². The fourth-order valence-corrected chi connectivity index (χ4v) is 4.64. The van der Waals surface area contributed by atoms with Crippen LogP contribution >= 0.6 is 11.8 Å². The van der Waals surface area contributed by atoms with Gasteiger partial charge in [0.25, 0.3) is 0 Å². The summed E-state index contributed by atoms with van der Waals surface area (Å²) in [5.74, 6) is 0.297. The number of carbonyl (C=O) groups is 1. The first-order valence-electron chi connectivity index (χ1n) is 8.68. The number of nitrogens with zero attached hydrogens (tertiary/aromatic N) is 1. The van der Waals surface area contributed by atoms with E-state index in [0.29, 0.717) is 17.2 Å². The molecule has 0 saturated carbocycles. The van der Waals surface area contributed by atoms with Crippen LogP contribution in [-0.2, 0) is 31.7 Å². The lowest BCUT2D eigenvalue weighted by Gasteiger charge is -2.17. The minimum atomic E-state index is -3.64. The first-order chi connectivity index (χ1) is 13.0. The smallest absolute Gasteiger partial charge is 0.325 e. The van der Waals surface area contributed by atoms with Crippen molar-refractivity contribution in [3.8, 4) is 0 Å². The molecule has 27 heavy (non-hydrogen) atoms. The van der Waals surface area contributed by atoms with E-state index in [-0.39, 0.29) is 18.8 Å². The summed E-state index contributed by atoms with van der Waals surface area (Å²) in [4.78, 5) is 16.3. The molecule has 1 N–H and O–H groups in total. The van der Waals surface area contributed by atoms with E-state index in [1.165, 1.54) is 11.8 Å². The standard InChI is InChI=1S/C19H24N2O4S2/c1-2-25-19(22)18(15-26-14-16-8-4-3-5-9-16)21-27(23,24)13-11-17-10-6-7-12-20-17/h3-10,12,18,21H,2,11,13-15H2,1H3/t18-/m0/s1. The maximum atomic E-state index is 12.4. The summed E-state index contributed by atoms with van der Waals surface area (Å²) in [6, 6.07) is 14.2. The Morgan fingerprint density at radius 2 is 1.93 bits per heavy atom. The monoisotopic (exact) mass is 408 g/mol. The van der Waals surface area contributed by atoms with Gasteiger partial charge < -0.3 is 4.74 Å². The lowest BCUT2D eigenvalue weighted by molar-refractivity contribution is -0.144. The maximum Gasteiger partial charge on any atom is 0.325 e. The molecular weight excluding hydrogens is 384 g/mol. The predicted molar refractivity (Wildman–Crippen MR) is 108 cm³/mol. The summed E-state index contributed by atoms with van der Waals surface area (Å²) >= 11 is 1.48. The van der Waals surface area contributed by atoms with E-state index < -0.39 is 22.0 Å². The fraction of sp³-hybridized carbons (Fsp3) is 0.368. The highest BCUT2D eigenvalue weighted by Crippen LogP contribution is 2.14. The van der Waals surface area contributed by atoms with Gasteiger partial charge in [-0.3, -0.25) is 9.78 Å². The Hall–Kier alpha value is -1.90. The molecule has 0 aliphatic heterocycles. The average Bonchev–Trinajstić information content (AvgIpc) is 2.67. The van der Waals surface area contributed by atoms with Crippen molar-refractivity contribution in [3.05, 3.63) is 66.0 Å². The number of benzene rings is 1. The van der Waals surface area contributed by atoms with Gasteiger partial charge in [-0.15, -0.1) is 0 Å². The normalized spacial score (nSPS) is 12.5. The van der Waals surface area contributed by atoms with E-state index >= 15 is 0 Å². The van der Waals surface area contributed by atoms with Crippen LogP contribution in [0.4, 0.5) is 0 Å². The van der Waals surface area contributed by atoms with Crippen LogP contribution in [0.1, 0.15) is 18.2 Å². The summed E-state index contributed by atoms with van der Waals surface area (Å²) in [5, 5.41) is 0. The molecule has 0 fully saturated rings. The molecule has 1 aromatic heterocycles. The third-order valence-corrected chi connectivity index (χ3v) is 6.13. The highest BCUT2D eigenvalue weighted by molar-refractivity contribution is 7.98. The second kappa shape index (κ2) is 11.1. The Morgan fingerprint density at radius 1 is 1.19 bits per heavy atom. The number of nitrogens with one attached hydrogen (secondary N) is 1. The van der Waals surface area contributed by atoms with E-state index in [9.17, 15) is 13.2 Å². The Bertz CT molecular complexity index is 799. The van der Waals surface area contributed by atoms with Gasteiger partial charge in [0.1, 0.15) is 6.04 Å². The van der Waals surface area contributed by atoms with Gasteiger partial charge >= 0.3 is 5.97 Å². The molecule has 8 heteroatoms. The van der Waals surface area contributed by atoms with Gasteiger partial charge in [-0.05, 0) is 24.6 Å². The SMILES string of the molecule is CCOC(=O)[C@H](CSCc1ccccc1)NS(=O)(=O)CCc1ccccn1. The number of carbonyl (C=O) groups excluding carboxylic acids is 1. The second-order valence-electron chi connectivity index (χ2n) is 5.81. The van der Waals surface area contributed by atoms with Crippen LogP contribution in [0.3, 0.4) is 0 Å². The molecule has 0 radical (unpaired) electrons.